The van der Waals surface area contributed by atoms with Crippen molar-refractivity contribution in [1.29, 1.82) is 0 Å². The molecular weight excluding hydrogens is 246 g/mol. The lowest BCUT2D eigenvalue weighted by Crippen LogP contribution is -2.21. The van der Waals surface area contributed by atoms with E-state index in [9.17, 15) is 10.1 Å². The van der Waals surface area contributed by atoms with Gasteiger partial charge >= 0.3 is 0 Å². The van der Waals surface area contributed by atoms with E-state index >= 15 is 0 Å². The Kier molecular flexibility index (Phi) is 4.09. The third kappa shape index (κ3) is 3.74. The Balaban J connectivity index is 1.95. The predicted molar refractivity (Wildman–Crippen MR) is 71.6 cm³/mol. The van der Waals surface area contributed by atoms with Crippen LogP contribution < -0.4 is 0 Å². The molecule has 0 N–H and O–H groups in total. The maximum absolute atomic E-state index is 10.5. The normalized spacial score (nSPS) is 18.4. The van der Waals surface area contributed by atoms with Crippen LogP contribution in [0, 0.1) is 10.1 Å². The van der Waals surface area contributed by atoms with Gasteiger partial charge in [-0.05, 0) is 30.7 Å². The summed E-state index contributed by atoms with van der Waals surface area (Å²) in [7, 11) is 0. The maximum Gasteiger partial charge on any atom is 0.269 e. The highest BCUT2D eigenvalue weighted by molar-refractivity contribution is 5.53. The number of allylic oxidation sites excluding steroid dienone is 2. The number of ether oxygens (including phenoxy) is 2. The van der Waals surface area contributed by atoms with Gasteiger partial charge in [-0.2, -0.15) is 0 Å². The van der Waals surface area contributed by atoms with Gasteiger partial charge in [0.1, 0.15) is 0 Å². The molecule has 1 aliphatic heterocycles. The van der Waals surface area contributed by atoms with E-state index in [0.717, 1.165) is 5.56 Å². The molecular formula is C14H15NO4. The third-order valence-corrected chi connectivity index (χ3v) is 2.76. The zero-order valence-corrected chi connectivity index (χ0v) is 10.6. The summed E-state index contributed by atoms with van der Waals surface area (Å²) < 4.78 is 10.8. The van der Waals surface area contributed by atoms with Crippen LogP contribution in [0.5, 0.6) is 0 Å². The summed E-state index contributed by atoms with van der Waals surface area (Å²) >= 11 is 0. The molecule has 1 aromatic rings. The smallest absolute Gasteiger partial charge is 0.269 e. The van der Waals surface area contributed by atoms with E-state index < -0.39 is 10.7 Å². The molecule has 1 saturated heterocycles. The molecule has 0 saturated carbocycles. The van der Waals surface area contributed by atoms with Crippen molar-refractivity contribution in [2.45, 2.75) is 12.7 Å². The van der Waals surface area contributed by atoms with Crippen molar-refractivity contribution in [2.75, 3.05) is 13.2 Å². The second-order valence-electron chi connectivity index (χ2n) is 4.28. The highest BCUT2D eigenvalue weighted by Gasteiger charge is 2.26. The molecule has 5 heteroatoms. The Labute approximate surface area is 111 Å². The molecule has 0 radical (unpaired) electrons. The topological polar surface area (TPSA) is 61.6 Å². The molecule has 1 aromatic carbocycles. The summed E-state index contributed by atoms with van der Waals surface area (Å²) in [5, 5.41) is 10.5. The summed E-state index contributed by atoms with van der Waals surface area (Å²) in [5.41, 5.74) is 0.988. The fraction of sp³-hybridized carbons (Fsp3) is 0.286. The number of hydrogen-bond acceptors (Lipinski definition) is 4. The molecule has 1 heterocycles. The van der Waals surface area contributed by atoms with Crippen LogP contribution in [0.3, 0.4) is 0 Å². The standard InChI is InChI=1S/C14H15NO4/c1-14(18-10-11-19-14)9-3-2-4-12-5-7-13(8-6-12)15(16)17/h2-9H,10-11H2,1H3/b4-2+,9-3+. The molecule has 0 aliphatic carbocycles. The molecule has 19 heavy (non-hydrogen) atoms. The lowest BCUT2D eigenvalue weighted by molar-refractivity contribution is -0.384. The molecule has 0 unspecified atom stereocenters. The highest BCUT2D eigenvalue weighted by Crippen LogP contribution is 2.20. The molecule has 2 rings (SSSR count). The van der Waals surface area contributed by atoms with Crippen LogP contribution in [0.2, 0.25) is 0 Å². The fourth-order valence-corrected chi connectivity index (χ4v) is 1.73. The van der Waals surface area contributed by atoms with E-state index in [1.54, 1.807) is 12.1 Å². The Morgan fingerprint density at radius 2 is 1.84 bits per heavy atom. The van der Waals surface area contributed by atoms with Crippen molar-refractivity contribution in [3.8, 4) is 0 Å². The van der Waals surface area contributed by atoms with Gasteiger partial charge in [0.05, 0.1) is 18.1 Å². The number of hydrogen-bond donors (Lipinski definition) is 0. The van der Waals surface area contributed by atoms with Gasteiger partial charge in [0.2, 0.25) is 0 Å². The summed E-state index contributed by atoms with van der Waals surface area (Å²) in [6.07, 6.45) is 7.38. The Hall–Kier alpha value is -1.98. The zero-order valence-electron chi connectivity index (χ0n) is 10.6. The largest absolute Gasteiger partial charge is 0.344 e. The van der Waals surface area contributed by atoms with Crippen LogP contribution in [0.1, 0.15) is 12.5 Å². The zero-order chi connectivity index (χ0) is 13.7. The Morgan fingerprint density at radius 1 is 1.21 bits per heavy atom. The summed E-state index contributed by atoms with van der Waals surface area (Å²) in [5.74, 6) is -0.639. The molecule has 0 bridgehead atoms. The molecule has 0 atom stereocenters. The van der Waals surface area contributed by atoms with Gasteiger partial charge in [-0.3, -0.25) is 10.1 Å². The second-order valence-corrected chi connectivity index (χ2v) is 4.28. The number of rotatable bonds is 4. The first-order valence-corrected chi connectivity index (χ1v) is 5.97. The van der Waals surface area contributed by atoms with Gasteiger partial charge in [-0.25, -0.2) is 0 Å². The number of nitrogens with zero attached hydrogens (tertiary/aromatic N) is 1. The Morgan fingerprint density at radius 3 is 2.42 bits per heavy atom. The number of non-ortho nitro benzene ring substituents is 1. The molecule has 0 amide bonds. The average Bonchev–Trinajstić information content (AvgIpc) is 2.83. The predicted octanol–water partition coefficient (Wildman–Crippen LogP) is 2.93. The van der Waals surface area contributed by atoms with Crippen LogP contribution >= 0.6 is 0 Å². The van der Waals surface area contributed by atoms with E-state index in [1.807, 2.05) is 31.2 Å². The quantitative estimate of drug-likeness (QED) is 0.475. The highest BCUT2D eigenvalue weighted by atomic mass is 16.7. The average molecular weight is 261 g/mol. The maximum atomic E-state index is 10.5. The summed E-state index contributed by atoms with van der Waals surface area (Å²) in [6.45, 7) is 3.07. The minimum Gasteiger partial charge on any atom is -0.344 e. The van der Waals surface area contributed by atoms with E-state index in [4.69, 9.17) is 9.47 Å². The summed E-state index contributed by atoms with van der Waals surface area (Å²) in [4.78, 5) is 10.1. The molecule has 1 aliphatic rings. The van der Waals surface area contributed by atoms with E-state index in [-0.39, 0.29) is 5.69 Å². The fourth-order valence-electron chi connectivity index (χ4n) is 1.73. The second kappa shape index (κ2) is 5.77. The van der Waals surface area contributed by atoms with Crippen LogP contribution in [0.25, 0.3) is 6.08 Å². The van der Waals surface area contributed by atoms with Gasteiger partial charge in [0.25, 0.3) is 5.69 Å². The van der Waals surface area contributed by atoms with Gasteiger partial charge in [0, 0.05) is 12.1 Å². The minimum absolute atomic E-state index is 0.0907. The number of nitro groups is 1. The first-order chi connectivity index (χ1) is 9.09. The van der Waals surface area contributed by atoms with Crippen molar-refractivity contribution < 1.29 is 14.4 Å². The van der Waals surface area contributed by atoms with Gasteiger partial charge in [0.15, 0.2) is 5.79 Å². The van der Waals surface area contributed by atoms with Crippen molar-refractivity contribution in [3.63, 3.8) is 0 Å². The van der Waals surface area contributed by atoms with Gasteiger partial charge in [-0.15, -0.1) is 0 Å². The van der Waals surface area contributed by atoms with E-state index in [0.29, 0.717) is 13.2 Å². The summed E-state index contributed by atoms with van der Waals surface area (Å²) in [6, 6.07) is 6.36. The monoisotopic (exact) mass is 261 g/mol. The van der Waals surface area contributed by atoms with Crippen LogP contribution in [-0.2, 0) is 9.47 Å². The number of nitro benzene ring substituents is 1. The van der Waals surface area contributed by atoms with Gasteiger partial charge < -0.3 is 9.47 Å². The van der Waals surface area contributed by atoms with Crippen molar-refractivity contribution >= 4 is 11.8 Å². The SMILES string of the molecule is CC1(/C=C/C=C/c2ccc([N+](=O)[O-])cc2)OCCO1. The molecule has 0 aromatic heterocycles. The van der Waals surface area contributed by atoms with E-state index in [2.05, 4.69) is 0 Å². The number of benzene rings is 1. The Bertz CT molecular complexity index is 499. The minimum atomic E-state index is -0.639. The van der Waals surface area contributed by atoms with E-state index in [1.165, 1.54) is 12.1 Å². The third-order valence-electron chi connectivity index (χ3n) is 2.76. The molecule has 5 nitrogen and oxygen atoms in total. The van der Waals surface area contributed by atoms with Crippen LogP contribution in [-0.4, -0.2) is 23.9 Å². The molecule has 1 fully saturated rings. The van der Waals surface area contributed by atoms with Gasteiger partial charge in [-0.1, -0.05) is 18.2 Å². The first-order valence-electron chi connectivity index (χ1n) is 5.97. The molecule has 100 valence electrons. The lowest BCUT2D eigenvalue weighted by Gasteiger charge is -2.16. The van der Waals surface area contributed by atoms with Crippen molar-refractivity contribution in [2.24, 2.45) is 0 Å². The van der Waals surface area contributed by atoms with Crippen molar-refractivity contribution in [1.82, 2.24) is 0 Å². The van der Waals surface area contributed by atoms with Crippen LogP contribution in [0.4, 0.5) is 5.69 Å². The molecule has 0 spiro atoms. The van der Waals surface area contributed by atoms with Crippen LogP contribution in [0.15, 0.2) is 42.5 Å². The first kappa shape index (κ1) is 13.5. The lowest BCUT2D eigenvalue weighted by atomic mass is 10.2. The van der Waals surface area contributed by atoms with Crippen molar-refractivity contribution in [3.05, 3.63) is 58.2 Å².